The number of ether oxygens (including phenoxy) is 1. The van der Waals surface area contributed by atoms with E-state index in [0.717, 1.165) is 16.8 Å². The maximum Gasteiger partial charge on any atom is 0.146 e. The molecular weight excluding hydrogens is 295 g/mol. The number of hydrogen-bond acceptors (Lipinski definition) is 4. The number of nitrogens with two attached hydrogens (primary N) is 1. The zero-order valence-corrected chi connectivity index (χ0v) is 13.2. The van der Waals surface area contributed by atoms with E-state index in [1.807, 2.05) is 26.1 Å². The largest absolute Gasteiger partial charge is 0.494 e. The van der Waals surface area contributed by atoms with E-state index >= 15 is 0 Å². The second-order valence-corrected chi connectivity index (χ2v) is 5.31. The van der Waals surface area contributed by atoms with E-state index in [4.69, 9.17) is 10.5 Å². The predicted molar refractivity (Wildman–Crippen MR) is 87.2 cm³/mol. The molecule has 0 aliphatic carbocycles. The van der Waals surface area contributed by atoms with Crippen molar-refractivity contribution >= 4 is 5.69 Å². The van der Waals surface area contributed by atoms with Crippen LogP contribution in [0.3, 0.4) is 0 Å². The molecule has 2 heterocycles. The molecule has 0 spiro atoms. The molecular formula is C17H17FN4O. The Hall–Kier alpha value is -2.89. The highest BCUT2D eigenvalue weighted by atomic mass is 19.1. The van der Waals surface area contributed by atoms with Gasteiger partial charge in [0.25, 0.3) is 0 Å². The zero-order valence-electron chi connectivity index (χ0n) is 13.2. The molecule has 0 fully saturated rings. The molecule has 0 bridgehead atoms. The van der Waals surface area contributed by atoms with Gasteiger partial charge in [-0.05, 0) is 25.5 Å². The van der Waals surface area contributed by atoms with Gasteiger partial charge < -0.3 is 10.5 Å². The van der Waals surface area contributed by atoms with Gasteiger partial charge in [0.15, 0.2) is 0 Å². The van der Waals surface area contributed by atoms with Crippen molar-refractivity contribution in [2.75, 3.05) is 12.8 Å². The number of anilines is 1. The fourth-order valence-electron chi connectivity index (χ4n) is 2.54. The van der Waals surface area contributed by atoms with Crippen LogP contribution >= 0.6 is 0 Å². The minimum atomic E-state index is -0.421. The van der Waals surface area contributed by atoms with Crippen LogP contribution in [-0.2, 0) is 0 Å². The molecule has 3 rings (SSSR count). The van der Waals surface area contributed by atoms with Crippen molar-refractivity contribution in [2.24, 2.45) is 0 Å². The van der Waals surface area contributed by atoms with Crippen molar-refractivity contribution in [3.63, 3.8) is 0 Å². The van der Waals surface area contributed by atoms with Gasteiger partial charge in [0, 0.05) is 36.3 Å². The monoisotopic (exact) mass is 312 g/mol. The molecule has 0 unspecified atom stereocenters. The number of rotatable bonds is 3. The Morgan fingerprint density at radius 2 is 2.04 bits per heavy atom. The molecule has 118 valence electrons. The maximum absolute atomic E-state index is 13.9. The number of methoxy groups -OCH3 is 1. The molecule has 1 aromatic carbocycles. The molecule has 3 aromatic rings. The third-order valence-electron chi connectivity index (χ3n) is 3.65. The summed E-state index contributed by atoms with van der Waals surface area (Å²) in [6.07, 6.45) is 5.28. The van der Waals surface area contributed by atoms with E-state index in [1.54, 1.807) is 17.0 Å². The van der Waals surface area contributed by atoms with E-state index in [-0.39, 0.29) is 0 Å². The van der Waals surface area contributed by atoms with Crippen LogP contribution in [0.1, 0.15) is 11.3 Å². The van der Waals surface area contributed by atoms with E-state index < -0.39 is 5.82 Å². The van der Waals surface area contributed by atoms with Gasteiger partial charge >= 0.3 is 0 Å². The summed E-state index contributed by atoms with van der Waals surface area (Å²) in [5, 5.41) is 0. The van der Waals surface area contributed by atoms with Crippen LogP contribution in [0.25, 0.3) is 17.1 Å². The summed E-state index contributed by atoms with van der Waals surface area (Å²) in [5.74, 6) is 0.556. The molecule has 0 amide bonds. The van der Waals surface area contributed by atoms with Crippen LogP contribution in [0.4, 0.5) is 10.1 Å². The van der Waals surface area contributed by atoms with Crippen LogP contribution < -0.4 is 10.5 Å². The number of pyridine rings is 1. The molecule has 0 atom stereocenters. The minimum Gasteiger partial charge on any atom is -0.494 e. The lowest BCUT2D eigenvalue weighted by molar-refractivity contribution is 0.413. The molecule has 0 aliphatic rings. The Kier molecular flexibility index (Phi) is 3.73. The standard InChI is InChI=1S/C17H17FN4O/c1-10-8-20-5-4-13(10)17-21-11(2)9-22(17)14-6-12(18)7-15(23-3)16(14)19/h4-9H,19H2,1-3H3. The van der Waals surface area contributed by atoms with E-state index in [1.165, 1.54) is 19.2 Å². The number of nitrogen functional groups attached to an aromatic ring is 1. The zero-order chi connectivity index (χ0) is 16.6. The van der Waals surface area contributed by atoms with Crippen molar-refractivity contribution in [3.05, 3.63) is 53.9 Å². The van der Waals surface area contributed by atoms with Crippen molar-refractivity contribution in [2.45, 2.75) is 13.8 Å². The second kappa shape index (κ2) is 5.72. The lowest BCUT2D eigenvalue weighted by Gasteiger charge is -2.14. The highest BCUT2D eigenvalue weighted by molar-refractivity contribution is 5.71. The summed E-state index contributed by atoms with van der Waals surface area (Å²) in [6.45, 7) is 3.83. The normalized spacial score (nSPS) is 10.8. The summed E-state index contributed by atoms with van der Waals surface area (Å²) in [5.41, 5.74) is 9.68. The van der Waals surface area contributed by atoms with Gasteiger partial charge in [-0.3, -0.25) is 9.55 Å². The van der Waals surface area contributed by atoms with Crippen molar-refractivity contribution in [1.82, 2.24) is 14.5 Å². The van der Waals surface area contributed by atoms with Gasteiger partial charge in [-0.25, -0.2) is 9.37 Å². The smallest absolute Gasteiger partial charge is 0.146 e. The summed E-state index contributed by atoms with van der Waals surface area (Å²) in [6, 6.07) is 4.51. The minimum absolute atomic E-state index is 0.295. The molecule has 2 N–H and O–H groups in total. The molecule has 5 nitrogen and oxygen atoms in total. The number of aromatic nitrogens is 3. The number of halogens is 1. The maximum atomic E-state index is 13.9. The molecule has 6 heteroatoms. The molecule has 23 heavy (non-hydrogen) atoms. The summed E-state index contributed by atoms with van der Waals surface area (Å²) in [4.78, 5) is 8.66. The number of benzene rings is 1. The van der Waals surface area contributed by atoms with Gasteiger partial charge in [-0.15, -0.1) is 0 Å². The number of nitrogens with zero attached hydrogens (tertiary/aromatic N) is 3. The Morgan fingerprint density at radius 3 is 2.74 bits per heavy atom. The molecule has 0 aliphatic heterocycles. The van der Waals surface area contributed by atoms with E-state index in [0.29, 0.717) is 22.9 Å². The Bertz CT molecular complexity index is 873. The van der Waals surface area contributed by atoms with E-state index in [2.05, 4.69) is 9.97 Å². The van der Waals surface area contributed by atoms with Gasteiger partial charge in [0.1, 0.15) is 17.4 Å². The predicted octanol–water partition coefficient (Wildman–Crippen LogP) is 3.28. The number of imidazole rings is 1. The molecule has 0 radical (unpaired) electrons. The van der Waals surface area contributed by atoms with Crippen LogP contribution in [-0.4, -0.2) is 21.6 Å². The first kappa shape index (κ1) is 15.0. The summed E-state index contributed by atoms with van der Waals surface area (Å²) >= 11 is 0. The quantitative estimate of drug-likeness (QED) is 0.754. The Balaban J connectivity index is 2.27. The van der Waals surface area contributed by atoms with Crippen LogP contribution in [0.15, 0.2) is 36.8 Å². The molecule has 2 aromatic heterocycles. The fourth-order valence-corrected chi connectivity index (χ4v) is 2.54. The van der Waals surface area contributed by atoms with Crippen LogP contribution in [0.5, 0.6) is 5.75 Å². The van der Waals surface area contributed by atoms with Gasteiger partial charge in [-0.2, -0.15) is 0 Å². The molecule has 0 saturated carbocycles. The summed E-state index contributed by atoms with van der Waals surface area (Å²) in [7, 11) is 1.46. The average molecular weight is 312 g/mol. The SMILES string of the molecule is COc1cc(F)cc(-n2cc(C)nc2-c2ccncc2C)c1N. The first-order chi connectivity index (χ1) is 11.0. The van der Waals surface area contributed by atoms with Crippen molar-refractivity contribution in [1.29, 1.82) is 0 Å². The van der Waals surface area contributed by atoms with Crippen LogP contribution in [0, 0.1) is 19.7 Å². The Morgan fingerprint density at radius 1 is 1.26 bits per heavy atom. The van der Waals surface area contributed by atoms with Crippen molar-refractivity contribution in [3.8, 4) is 22.8 Å². The van der Waals surface area contributed by atoms with Gasteiger partial charge in [-0.1, -0.05) is 0 Å². The first-order valence-electron chi connectivity index (χ1n) is 7.11. The highest BCUT2D eigenvalue weighted by Gasteiger charge is 2.17. The lowest BCUT2D eigenvalue weighted by Crippen LogP contribution is -2.04. The highest BCUT2D eigenvalue weighted by Crippen LogP contribution is 2.33. The Labute approximate surface area is 133 Å². The first-order valence-corrected chi connectivity index (χ1v) is 7.11. The van der Waals surface area contributed by atoms with Gasteiger partial charge in [0.05, 0.1) is 24.2 Å². The van der Waals surface area contributed by atoms with Crippen molar-refractivity contribution < 1.29 is 9.13 Å². The number of hydrogen-bond donors (Lipinski definition) is 1. The summed E-state index contributed by atoms with van der Waals surface area (Å²) < 4.78 is 20.9. The third kappa shape index (κ3) is 2.63. The topological polar surface area (TPSA) is 66.0 Å². The number of aryl methyl sites for hydroxylation is 2. The lowest BCUT2D eigenvalue weighted by atomic mass is 10.1. The third-order valence-corrected chi connectivity index (χ3v) is 3.65. The average Bonchev–Trinajstić information content (AvgIpc) is 2.91. The van der Waals surface area contributed by atoms with Gasteiger partial charge in [0.2, 0.25) is 0 Å². The van der Waals surface area contributed by atoms with Crippen LogP contribution in [0.2, 0.25) is 0 Å². The van der Waals surface area contributed by atoms with E-state index in [9.17, 15) is 4.39 Å². The molecule has 0 saturated heterocycles. The second-order valence-electron chi connectivity index (χ2n) is 5.31. The fraction of sp³-hybridized carbons (Fsp3) is 0.176.